The maximum Gasteiger partial charge on any atom is 0.227 e. The Morgan fingerprint density at radius 3 is 2.83 bits per heavy atom. The maximum absolute atomic E-state index is 12.6. The van der Waals surface area contributed by atoms with Crippen LogP contribution in [0.1, 0.15) is 30.9 Å². The van der Waals surface area contributed by atoms with Gasteiger partial charge >= 0.3 is 0 Å². The number of carbonyl (C=O) groups excluding carboxylic acids is 1. The van der Waals surface area contributed by atoms with E-state index in [-0.39, 0.29) is 11.8 Å². The Labute approximate surface area is 146 Å². The first-order valence-corrected chi connectivity index (χ1v) is 9.48. The minimum atomic E-state index is -0.199. The van der Waals surface area contributed by atoms with Gasteiger partial charge in [0.25, 0.3) is 0 Å². The van der Waals surface area contributed by atoms with Crippen molar-refractivity contribution >= 4 is 39.4 Å². The SMILES string of the molecule is CSc1nc2n(n1)[C@H](c1ccc(Br)cc1)C1=C(CCCC1=O)N2. The van der Waals surface area contributed by atoms with Crippen LogP contribution in [0, 0.1) is 0 Å². The number of Topliss-reactive ketones (excluding diaryl/α,β-unsaturated/α-hetero) is 1. The molecule has 118 valence electrons. The lowest BCUT2D eigenvalue weighted by molar-refractivity contribution is -0.116. The molecule has 0 amide bonds. The van der Waals surface area contributed by atoms with Crippen molar-refractivity contribution in [2.45, 2.75) is 30.5 Å². The lowest BCUT2D eigenvalue weighted by Crippen LogP contribution is -2.31. The molecule has 1 aromatic carbocycles. The van der Waals surface area contributed by atoms with E-state index in [1.54, 1.807) is 0 Å². The first-order chi connectivity index (χ1) is 11.2. The second kappa shape index (κ2) is 5.79. The van der Waals surface area contributed by atoms with Crippen LogP contribution in [0.25, 0.3) is 0 Å². The number of nitrogens with one attached hydrogen (secondary N) is 1. The molecule has 0 radical (unpaired) electrons. The number of nitrogens with zero attached hydrogens (tertiary/aromatic N) is 3. The normalized spacial score (nSPS) is 20.1. The minimum absolute atomic E-state index is 0.199. The third-order valence-corrected chi connectivity index (χ3v) is 5.28. The van der Waals surface area contributed by atoms with Crippen molar-refractivity contribution in [3.8, 4) is 0 Å². The van der Waals surface area contributed by atoms with Crippen LogP contribution in [-0.2, 0) is 4.79 Å². The third kappa shape index (κ3) is 2.52. The van der Waals surface area contributed by atoms with Crippen molar-refractivity contribution in [3.63, 3.8) is 0 Å². The summed E-state index contributed by atoms with van der Waals surface area (Å²) in [7, 11) is 0. The van der Waals surface area contributed by atoms with Crippen LogP contribution < -0.4 is 5.32 Å². The van der Waals surface area contributed by atoms with Gasteiger partial charge in [0.1, 0.15) is 6.04 Å². The maximum atomic E-state index is 12.6. The van der Waals surface area contributed by atoms with Crippen LogP contribution in [0.2, 0.25) is 0 Å². The fourth-order valence-corrected chi connectivity index (χ4v) is 3.79. The summed E-state index contributed by atoms with van der Waals surface area (Å²) in [5.41, 5.74) is 2.89. The van der Waals surface area contributed by atoms with Gasteiger partial charge in [0.05, 0.1) is 0 Å². The molecular formula is C16H15BrN4OS. The number of thioether (sulfide) groups is 1. The van der Waals surface area contributed by atoms with E-state index in [2.05, 4.69) is 31.3 Å². The van der Waals surface area contributed by atoms with E-state index in [0.29, 0.717) is 11.6 Å². The van der Waals surface area contributed by atoms with E-state index in [0.717, 1.165) is 40.1 Å². The lowest BCUT2D eigenvalue weighted by Gasteiger charge is -2.32. The Morgan fingerprint density at radius 2 is 2.09 bits per heavy atom. The van der Waals surface area contributed by atoms with Crippen molar-refractivity contribution < 1.29 is 4.79 Å². The zero-order valence-electron chi connectivity index (χ0n) is 12.5. The van der Waals surface area contributed by atoms with E-state index < -0.39 is 0 Å². The molecule has 4 rings (SSSR count). The summed E-state index contributed by atoms with van der Waals surface area (Å²) in [5.74, 6) is 0.925. The highest BCUT2D eigenvalue weighted by Gasteiger charge is 2.36. The summed E-state index contributed by atoms with van der Waals surface area (Å²) in [4.78, 5) is 17.1. The third-order valence-electron chi connectivity index (χ3n) is 4.22. The van der Waals surface area contributed by atoms with Crippen LogP contribution in [0.5, 0.6) is 0 Å². The topological polar surface area (TPSA) is 59.8 Å². The van der Waals surface area contributed by atoms with Gasteiger partial charge < -0.3 is 5.32 Å². The highest BCUT2D eigenvalue weighted by Crippen LogP contribution is 2.40. The number of halogens is 1. The number of ketones is 1. The van der Waals surface area contributed by atoms with Gasteiger partial charge in [-0.1, -0.05) is 39.8 Å². The van der Waals surface area contributed by atoms with E-state index in [4.69, 9.17) is 0 Å². The molecule has 1 atom stereocenters. The van der Waals surface area contributed by atoms with Crippen LogP contribution in [0.15, 0.2) is 45.2 Å². The molecule has 1 aromatic heterocycles. The number of aromatic nitrogens is 3. The zero-order chi connectivity index (χ0) is 16.0. The van der Waals surface area contributed by atoms with Gasteiger partial charge in [-0.15, -0.1) is 5.10 Å². The Bertz CT molecular complexity index is 812. The molecule has 2 aliphatic rings. The fraction of sp³-hybridized carbons (Fsp3) is 0.312. The van der Waals surface area contributed by atoms with E-state index >= 15 is 0 Å². The summed E-state index contributed by atoms with van der Waals surface area (Å²) in [6.07, 6.45) is 4.33. The second-order valence-electron chi connectivity index (χ2n) is 5.61. The van der Waals surface area contributed by atoms with Gasteiger partial charge in [-0.2, -0.15) is 4.98 Å². The average molecular weight is 391 g/mol. The highest BCUT2D eigenvalue weighted by atomic mass is 79.9. The van der Waals surface area contributed by atoms with E-state index in [9.17, 15) is 4.79 Å². The predicted octanol–water partition coefficient (Wildman–Crippen LogP) is 3.78. The van der Waals surface area contributed by atoms with Crippen LogP contribution in [-0.4, -0.2) is 26.8 Å². The molecule has 0 unspecified atom stereocenters. The number of allylic oxidation sites excluding steroid dienone is 2. The Balaban J connectivity index is 1.90. The standard InChI is InChI=1S/C16H15BrN4OS/c1-23-16-19-15-18-11-3-2-4-12(22)13(11)14(21(15)20-16)9-5-7-10(17)8-6-9/h5-8,14H,2-4H2,1H3,(H,18,19,20)/t14-/m1/s1. The summed E-state index contributed by atoms with van der Waals surface area (Å²) < 4.78 is 2.86. The number of carbonyl (C=O) groups is 1. The number of hydrogen-bond donors (Lipinski definition) is 1. The molecule has 7 heteroatoms. The minimum Gasteiger partial charge on any atom is -0.328 e. The Morgan fingerprint density at radius 1 is 1.30 bits per heavy atom. The Kier molecular flexibility index (Phi) is 3.77. The van der Waals surface area contributed by atoms with Gasteiger partial charge in [-0.05, 0) is 36.8 Å². The molecule has 0 fully saturated rings. The first-order valence-electron chi connectivity index (χ1n) is 7.46. The molecule has 2 aromatic rings. The highest BCUT2D eigenvalue weighted by molar-refractivity contribution is 9.10. The largest absolute Gasteiger partial charge is 0.328 e. The molecule has 1 aliphatic carbocycles. The molecule has 23 heavy (non-hydrogen) atoms. The van der Waals surface area contributed by atoms with Gasteiger partial charge in [0.2, 0.25) is 11.1 Å². The smallest absolute Gasteiger partial charge is 0.227 e. The summed E-state index contributed by atoms with van der Waals surface area (Å²) >= 11 is 4.97. The van der Waals surface area contributed by atoms with Crippen LogP contribution >= 0.6 is 27.7 Å². The molecule has 0 saturated carbocycles. The quantitative estimate of drug-likeness (QED) is 0.790. The van der Waals surface area contributed by atoms with Crippen molar-refractivity contribution in [1.82, 2.24) is 14.8 Å². The monoisotopic (exact) mass is 390 g/mol. The van der Waals surface area contributed by atoms with E-state index in [1.807, 2.05) is 35.2 Å². The predicted molar refractivity (Wildman–Crippen MR) is 93.6 cm³/mol. The van der Waals surface area contributed by atoms with Gasteiger partial charge in [0, 0.05) is 22.2 Å². The number of benzene rings is 1. The number of hydrogen-bond acceptors (Lipinski definition) is 5. The van der Waals surface area contributed by atoms with Crippen molar-refractivity contribution in [1.29, 1.82) is 0 Å². The molecule has 1 aliphatic heterocycles. The molecule has 2 heterocycles. The molecular weight excluding hydrogens is 376 g/mol. The average Bonchev–Trinajstić information content (AvgIpc) is 2.97. The summed E-state index contributed by atoms with van der Waals surface area (Å²) in [6, 6.07) is 7.87. The second-order valence-corrected chi connectivity index (χ2v) is 7.30. The number of fused-ring (bicyclic) bond motifs is 1. The molecule has 5 nitrogen and oxygen atoms in total. The molecule has 0 spiro atoms. The lowest BCUT2D eigenvalue weighted by atomic mass is 9.85. The Hall–Kier alpha value is -1.60. The van der Waals surface area contributed by atoms with Crippen molar-refractivity contribution in [3.05, 3.63) is 45.6 Å². The molecule has 1 N–H and O–H groups in total. The summed E-state index contributed by atoms with van der Waals surface area (Å²) in [6.45, 7) is 0. The van der Waals surface area contributed by atoms with Crippen molar-refractivity contribution in [2.75, 3.05) is 11.6 Å². The fourth-order valence-electron chi connectivity index (χ4n) is 3.18. The number of anilines is 1. The van der Waals surface area contributed by atoms with Crippen LogP contribution in [0.4, 0.5) is 5.95 Å². The van der Waals surface area contributed by atoms with E-state index in [1.165, 1.54) is 11.8 Å². The van der Waals surface area contributed by atoms with Gasteiger partial charge in [-0.3, -0.25) is 4.79 Å². The summed E-state index contributed by atoms with van der Waals surface area (Å²) in [5, 5.41) is 8.61. The van der Waals surface area contributed by atoms with Gasteiger partial charge in [0.15, 0.2) is 5.78 Å². The van der Waals surface area contributed by atoms with Crippen LogP contribution in [0.3, 0.4) is 0 Å². The van der Waals surface area contributed by atoms with Crippen molar-refractivity contribution in [2.24, 2.45) is 0 Å². The zero-order valence-corrected chi connectivity index (χ0v) is 14.9. The molecule has 0 bridgehead atoms. The first kappa shape index (κ1) is 15.0. The van der Waals surface area contributed by atoms with Gasteiger partial charge in [-0.25, -0.2) is 4.68 Å². The number of rotatable bonds is 2. The molecule has 0 saturated heterocycles.